The second-order valence-electron chi connectivity index (χ2n) is 7.99. The zero-order valence-electron chi connectivity index (χ0n) is 18.9. The lowest BCUT2D eigenvalue weighted by molar-refractivity contribution is -0.157. The molecule has 0 unspecified atom stereocenters. The fourth-order valence-corrected chi connectivity index (χ4v) is 4.39. The van der Waals surface area contributed by atoms with Gasteiger partial charge in [-0.15, -0.1) is 0 Å². The van der Waals surface area contributed by atoms with Crippen LogP contribution in [0.2, 0.25) is 0 Å². The minimum Gasteiger partial charge on any atom is -0.464 e. The minimum atomic E-state index is -1.11. The summed E-state index contributed by atoms with van der Waals surface area (Å²) in [4.78, 5) is 16.3. The summed E-state index contributed by atoms with van der Waals surface area (Å²) in [7, 11) is 0. The van der Waals surface area contributed by atoms with Crippen molar-refractivity contribution in [2.45, 2.75) is 25.6 Å². The molecule has 0 aliphatic carbocycles. The van der Waals surface area contributed by atoms with Crippen molar-refractivity contribution in [1.82, 2.24) is 4.90 Å². The summed E-state index contributed by atoms with van der Waals surface area (Å²) < 4.78 is 5.79. The monoisotopic (exact) mass is 435 g/mol. The molecule has 3 heteroatoms. The Morgan fingerprint density at radius 2 is 1.00 bits per heavy atom. The third-order valence-corrected chi connectivity index (χ3v) is 5.86. The number of carbonyl (C=O) groups is 1. The Morgan fingerprint density at radius 3 is 1.36 bits per heavy atom. The van der Waals surface area contributed by atoms with Crippen molar-refractivity contribution in [3.05, 3.63) is 144 Å². The molecular formula is C30H29NO2. The van der Waals surface area contributed by atoms with Crippen LogP contribution in [0.3, 0.4) is 0 Å². The SMILES string of the molecule is CCOC(=O)C(c1ccccc1)(c1ccccc1)N(Cc1ccccc1)Cc1ccccc1. The van der Waals surface area contributed by atoms with E-state index in [1.54, 1.807) is 0 Å². The molecule has 4 aromatic rings. The number of nitrogens with zero attached hydrogens (tertiary/aromatic N) is 1. The molecule has 33 heavy (non-hydrogen) atoms. The van der Waals surface area contributed by atoms with Gasteiger partial charge in [-0.25, -0.2) is 4.79 Å². The molecule has 166 valence electrons. The Hall–Kier alpha value is -3.69. The molecule has 0 atom stereocenters. The van der Waals surface area contributed by atoms with Crippen LogP contribution in [0.5, 0.6) is 0 Å². The molecule has 4 aromatic carbocycles. The predicted molar refractivity (Wildman–Crippen MR) is 132 cm³/mol. The molecule has 0 heterocycles. The van der Waals surface area contributed by atoms with Crippen LogP contribution in [0, 0.1) is 0 Å². The third kappa shape index (κ3) is 4.89. The number of ether oxygens (including phenoxy) is 1. The second-order valence-corrected chi connectivity index (χ2v) is 7.99. The first-order chi connectivity index (χ1) is 16.2. The maximum absolute atomic E-state index is 14.0. The molecule has 0 amide bonds. The van der Waals surface area contributed by atoms with Gasteiger partial charge < -0.3 is 4.74 Å². The lowest BCUT2D eigenvalue weighted by Gasteiger charge is -2.43. The van der Waals surface area contributed by atoms with Crippen molar-refractivity contribution in [1.29, 1.82) is 0 Å². The van der Waals surface area contributed by atoms with Gasteiger partial charge in [0, 0.05) is 13.1 Å². The van der Waals surface area contributed by atoms with Crippen molar-refractivity contribution < 1.29 is 9.53 Å². The minimum absolute atomic E-state index is 0.269. The Morgan fingerprint density at radius 1 is 0.636 bits per heavy atom. The lowest BCUT2D eigenvalue weighted by atomic mass is 9.80. The van der Waals surface area contributed by atoms with Crippen LogP contribution in [-0.2, 0) is 28.2 Å². The van der Waals surface area contributed by atoms with Gasteiger partial charge in [-0.3, -0.25) is 4.90 Å². The molecule has 0 bridgehead atoms. The average molecular weight is 436 g/mol. The van der Waals surface area contributed by atoms with Gasteiger partial charge in [-0.2, -0.15) is 0 Å². The predicted octanol–water partition coefficient (Wildman–Crippen LogP) is 6.20. The molecule has 0 saturated carbocycles. The molecule has 0 saturated heterocycles. The van der Waals surface area contributed by atoms with Gasteiger partial charge in [-0.1, -0.05) is 121 Å². The Bertz CT molecular complexity index is 1050. The van der Waals surface area contributed by atoms with Crippen molar-refractivity contribution in [2.24, 2.45) is 0 Å². The van der Waals surface area contributed by atoms with E-state index in [4.69, 9.17) is 4.74 Å². The highest BCUT2D eigenvalue weighted by Crippen LogP contribution is 2.39. The van der Waals surface area contributed by atoms with Gasteiger partial charge in [0.05, 0.1) is 6.61 Å². The van der Waals surface area contributed by atoms with Crippen molar-refractivity contribution in [3.63, 3.8) is 0 Å². The van der Waals surface area contributed by atoms with Crippen LogP contribution in [0.4, 0.5) is 0 Å². The molecule has 0 radical (unpaired) electrons. The maximum Gasteiger partial charge on any atom is 0.335 e. The van der Waals surface area contributed by atoms with Crippen LogP contribution in [0.1, 0.15) is 29.2 Å². The van der Waals surface area contributed by atoms with E-state index in [1.165, 1.54) is 0 Å². The first-order valence-electron chi connectivity index (χ1n) is 11.4. The summed E-state index contributed by atoms with van der Waals surface area (Å²) in [5.74, 6) is -0.269. The standard InChI is InChI=1S/C30H29NO2/c1-2-33-29(32)30(27-19-11-5-12-20-27,28-21-13-6-14-22-28)31(23-25-15-7-3-8-16-25)24-26-17-9-4-10-18-26/h3-22H,2,23-24H2,1H3. The number of rotatable bonds is 9. The number of esters is 1. The van der Waals surface area contributed by atoms with E-state index in [0.717, 1.165) is 22.3 Å². The molecule has 0 N–H and O–H groups in total. The van der Waals surface area contributed by atoms with Crippen LogP contribution in [0.25, 0.3) is 0 Å². The fraction of sp³-hybridized carbons (Fsp3) is 0.167. The van der Waals surface area contributed by atoms with E-state index in [2.05, 4.69) is 29.2 Å². The summed E-state index contributed by atoms with van der Waals surface area (Å²) >= 11 is 0. The van der Waals surface area contributed by atoms with Gasteiger partial charge in [0.2, 0.25) is 0 Å². The van der Waals surface area contributed by atoms with Gasteiger partial charge in [-0.05, 0) is 29.2 Å². The third-order valence-electron chi connectivity index (χ3n) is 5.86. The highest BCUT2D eigenvalue weighted by atomic mass is 16.5. The summed E-state index contributed by atoms with van der Waals surface area (Å²) in [5.41, 5.74) is 2.94. The summed E-state index contributed by atoms with van der Waals surface area (Å²) in [5, 5.41) is 0. The average Bonchev–Trinajstić information content (AvgIpc) is 2.87. The number of hydrogen-bond donors (Lipinski definition) is 0. The van der Waals surface area contributed by atoms with Crippen molar-refractivity contribution in [2.75, 3.05) is 6.61 Å². The van der Waals surface area contributed by atoms with Crippen LogP contribution in [0.15, 0.2) is 121 Å². The molecular weight excluding hydrogens is 406 g/mol. The molecule has 3 nitrogen and oxygen atoms in total. The quantitative estimate of drug-likeness (QED) is 0.293. The van der Waals surface area contributed by atoms with Crippen molar-refractivity contribution in [3.8, 4) is 0 Å². The second kappa shape index (κ2) is 10.8. The molecule has 4 rings (SSSR count). The number of hydrogen-bond acceptors (Lipinski definition) is 3. The molecule has 0 aromatic heterocycles. The normalized spacial score (nSPS) is 11.3. The highest BCUT2D eigenvalue weighted by Gasteiger charge is 2.48. The van der Waals surface area contributed by atoms with E-state index in [1.807, 2.05) is 104 Å². The highest BCUT2D eigenvalue weighted by molar-refractivity contribution is 5.87. The Balaban J connectivity index is 1.96. The summed E-state index contributed by atoms with van der Waals surface area (Å²) in [6.07, 6.45) is 0. The van der Waals surface area contributed by atoms with Gasteiger partial charge >= 0.3 is 5.97 Å². The largest absolute Gasteiger partial charge is 0.464 e. The van der Waals surface area contributed by atoms with Crippen LogP contribution < -0.4 is 0 Å². The van der Waals surface area contributed by atoms with E-state index in [0.29, 0.717) is 19.7 Å². The molecule has 0 spiro atoms. The number of carbonyl (C=O) groups excluding carboxylic acids is 1. The first-order valence-corrected chi connectivity index (χ1v) is 11.4. The fourth-order valence-electron chi connectivity index (χ4n) is 4.39. The van der Waals surface area contributed by atoms with Gasteiger partial charge in [0.1, 0.15) is 0 Å². The zero-order chi connectivity index (χ0) is 22.9. The topological polar surface area (TPSA) is 29.5 Å². The molecule has 0 aliphatic heterocycles. The summed E-state index contributed by atoms with van der Waals surface area (Å²) in [6.45, 7) is 3.33. The van der Waals surface area contributed by atoms with E-state index in [9.17, 15) is 4.79 Å². The Kier molecular flexibility index (Phi) is 7.33. The van der Waals surface area contributed by atoms with Crippen LogP contribution >= 0.6 is 0 Å². The van der Waals surface area contributed by atoms with Crippen molar-refractivity contribution >= 4 is 5.97 Å². The molecule has 0 fully saturated rings. The van der Waals surface area contributed by atoms with E-state index >= 15 is 0 Å². The maximum atomic E-state index is 14.0. The summed E-state index contributed by atoms with van der Waals surface area (Å²) in [6, 6.07) is 40.5. The zero-order valence-corrected chi connectivity index (χ0v) is 18.9. The Labute approximate surface area is 196 Å². The molecule has 0 aliphatic rings. The smallest absolute Gasteiger partial charge is 0.335 e. The first kappa shape index (κ1) is 22.5. The van der Waals surface area contributed by atoms with Gasteiger partial charge in [0.25, 0.3) is 0 Å². The van der Waals surface area contributed by atoms with E-state index in [-0.39, 0.29) is 5.97 Å². The lowest BCUT2D eigenvalue weighted by Crippen LogP contribution is -2.53. The number of benzene rings is 4. The van der Waals surface area contributed by atoms with E-state index < -0.39 is 5.54 Å². The van der Waals surface area contributed by atoms with Crippen LogP contribution in [-0.4, -0.2) is 17.5 Å². The van der Waals surface area contributed by atoms with Gasteiger partial charge in [0.15, 0.2) is 5.54 Å².